The third-order valence-electron chi connectivity index (χ3n) is 4.74. The zero-order valence-corrected chi connectivity index (χ0v) is 19.2. The second-order valence-corrected chi connectivity index (χ2v) is 8.33. The Kier molecular flexibility index (Phi) is 7.07. The van der Waals surface area contributed by atoms with E-state index >= 15 is 0 Å². The molecule has 4 rings (SSSR count). The third kappa shape index (κ3) is 5.60. The van der Waals surface area contributed by atoms with Crippen molar-refractivity contribution in [3.63, 3.8) is 0 Å². The highest BCUT2D eigenvalue weighted by Gasteiger charge is 2.23. The number of nitrogens with zero attached hydrogens (tertiary/aromatic N) is 2. The van der Waals surface area contributed by atoms with Gasteiger partial charge in [-0.25, -0.2) is 4.98 Å². The SMILES string of the molecule is COc1ccccc1NC(=O)CN(Cc1ccco1)C(=O)c1csc(-c2ccc(Cl)cc2)n1. The fourth-order valence-electron chi connectivity index (χ4n) is 3.16. The summed E-state index contributed by atoms with van der Waals surface area (Å²) in [6.07, 6.45) is 1.52. The monoisotopic (exact) mass is 481 g/mol. The van der Waals surface area contributed by atoms with Gasteiger partial charge in [0.25, 0.3) is 5.91 Å². The number of carbonyl (C=O) groups excluding carboxylic acids is 2. The Hall–Kier alpha value is -3.62. The molecule has 0 fully saturated rings. The van der Waals surface area contributed by atoms with Gasteiger partial charge in [0.05, 0.1) is 25.6 Å². The predicted molar refractivity (Wildman–Crippen MR) is 128 cm³/mol. The summed E-state index contributed by atoms with van der Waals surface area (Å²) < 4.78 is 10.7. The number of nitrogens with one attached hydrogen (secondary N) is 1. The predicted octanol–water partition coefficient (Wildman–Crippen LogP) is 5.35. The zero-order chi connectivity index (χ0) is 23.2. The van der Waals surface area contributed by atoms with E-state index in [2.05, 4.69) is 10.3 Å². The van der Waals surface area contributed by atoms with E-state index in [0.717, 1.165) is 5.56 Å². The third-order valence-corrected chi connectivity index (χ3v) is 5.89. The molecule has 0 aliphatic rings. The number of para-hydroxylation sites is 2. The molecule has 1 N–H and O–H groups in total. The standard InChI is InChI=1S/C24H20ClN3O4S/c1-31-21-7-3-2-6-19(21)26-22(29)14-28(13-18-5-4-12-32-18)24(30)20-15-33-23(27-20)16-8-10-17(25)11-9-16/h2-12,15H,13-14H2,1H3,(H,26,29). The summed E-state index contributed by atoms with van der Waals surface area (Å²) in [5, 5.41) is 5.78. The molecular weight excluding hydrogens is 462 g/mol. The Morgan fingerprint density at radius 3 is 2.64 bits per heavy atom. The van der Waals surface area contributed by atoms with Crippen LogP contribution in [0.25, 0.3) is 10.6 Å². The molecule has 0 saturated carbocycles. The van der Waals surface area contributed by atoms with Gasteiger partial charge in [0.2, 0.25) is 5.91 Å². The summed E-state index contributed by atoms with van der Waals surface area (Å²) in [4.78, 5) is 31.9. The summed E-state index contributed by atoms with van der Waals surface area (Å²) in [7, 11) is 1.53. The molecule has 33 heavy (non-hydrogen) atoms. The number of hydrogen-bond donors (Lipinski definition) is 1. The van der Waals surface area contributed by atoms with Crippen molar-refractivity contribution in [2.45, 2.75) is 6.54 Å². The van der Waals surface area contributed by atoms with Crippen molar-refractivity contribution in [3.8, 4) is 16.3 Å². The van der Waals surface area contributed by atoms with Crippen LogP contribution in [0.3, 0.4) is 0 Å². The highest BCUT2D eigenvalue weighted by Crippen LogP contribution is 2.26. The van der Waals surface area contributed by atoms with Crippen LogP contribution < -0.4 is 10.1 Å². The van der Waals surface area contributed by atoms with E-state index in [1.54, 1.807) is 47.8 Å². The average molecular weight is 482 g/mol. The topological polar surface area (TPSA) is 84.7 Å². The van der Waals surface area contributed by atoms with Crippen molar-refractivity contribution in [2.24, 2.45) is 0 Å². The Morgan fingerprint density at radius 1 is 1.12 bits per heavy atom. The summed E-state index contributed by atoms with van der Waals surface area (Å²) in [6, 6.07) is 17.8. The molecule has 0 spiro atoms. The molecule has 7 nitrogen and oxygen atoms in total. The smallest absolute Gasteiger partial charge is 0.274 e. The number of rotatable bonds is 8. The van der Waals surface area contributed by atoms with Crippen molar-refractivity contribution in [1.29, 1.82) is 0 Å². The van der Waals surface area contributed by atoms with Crippen molar-refractivity contribution in [2.75, 3.05) is 19.0 Å². The summed E-state index contributed by atoms with van der Waals surface area (Å²) in [5.74, 6) is 0.342. The van der Waals surface area contributed by atoms with Gasteiger partial charge < -0.3 is 19.4 Å². The fraction of sp³-hybridized carbons (Fsp3) is 0.125. The number of thiazole rings is 1. The summed E-state index contributed by atoms with van der Waals surface area (Å²) in [5.41, 5.74) is 1.63. The van der Waals surface area contributed by atoms with Crippen molar-refractivity contribution < 1.29 is 18.7 Å². The van der Waals surface area contributed by atoms with Crippen LogP contribution in [0.5, 0.6) is 5.75 Å². The van der Waals surface area contributed by atoms with Gasteiger partial charge in [-0.3, -0.25) is 9.59 Å². The minimum absolute atomic E-state index is 0.124. The second-order valence-electron chi connectivity index (χ2n) is 7.03. The Bertz CT molecular complexity index is 1240. The minimum atomic E-state index is -0.377. The van der Waals surface area contributed by atoms with E-state index < -0.39 is 0 Å². The van der Waals surface area contributed by atoms with Gasteiger partial charge in [-0.2, -0.15) is 0 Å². The minimum Gasteiger partial charge on any atom is -0.495 e. The molecule has 2 amide bonds. The second kappa shape index (κ2) is 10.3. The molecule has 2 aromatic carbocycles. The average Bonchev–Trinajstić information content (AvgIpc) is 3.51. The van der Waals surface area contributed by atoms with Crippen LogP contribution in [-0.2, 0) is 11.3 Å². The first-order chi connectivity index (χ1) is 16.0. The lowest BCUT2D eigenvalue weighted by molar-refractivity contribution is -0.117. The molecule has 0 atom stereocenters. The van der Waals surface area contributed by atoms with E-state index in [1.165, 1.54) is 29.6 Å². The van der Waals surface area contributed by atoms with Gasteiger partial charge in [-0.05, 0) is 36.4 Å². The van der Waals surface area contributed by atoms with Gasteiger partial charge >= 0.3 is 0 Å². The number of ether oxygens (including phenoxy) is 1. The molecule has 0 aliphatic heterocycles. The number of aromatic nitrogens is 1. The Morgan fingerprint density at radius 2 is 1.91 bits per heavy atom. The lowest BCUT2D eigenvalue weighted by Gasteiger charge is -2.20. The first kappa shape index (κ1) is 22.6. The Labute approximate surface area is 199 Å². The lowest BCUT2D eigenvalue weighted by atomic mass is 10.2. The zero-order valence-electron chi connectivity index (χ0n) is 17.7. The number of methoxy groups -OCH3 is 1. The van der Waals surface area contributed by atoms with Crippen LogP contribution >= 0.6 is 22.9 Å². The van der Waals surface area contributed by atoms with Crippen LogP contribution in [0.1, 0.15) is 16.2 Å². The van der Waals surface area contributed by atoms with Crippen LogP contribution in [0.15, 0.2) is 76.7 Å². The lowest BCUT2D eigenvalue weighted by Crippen LogP contribution is -2.37. The maximum Gasteiger partial charge on any atom is 0.274 e. The molecule has 0 aliphatic carbocycles. The number of anilines is 1. The molecule has 0 saturated heterocycles. The number of amides is 2. The first-order valence-electron chi connectivity index (χ1n) is 9.99. The molecule has 9 heteroatoms. The van der Waals surface area contributed by atoms with Gasteiger partial charge in [0.1, 0.15) is 28.8 Å². The molecule has 168 valence electrons. The van der Waals surface area contributed by atoms with Gasteiger partial charge in [0, 0.05) is 16.0 Å². The van der Waals surface area contributed by atoms with Crippen LogP contribution in [0, 0.1) is 0 Å². The van der Waals surface area contributed by atoms with E-state index in [0.29, 0.717) is 27.2 Å². The molecular formula is C24H20ClN3O4S. The van der Waals surface area contributed by atoms with Crippen LogP contribution in [0.2, 0.25) is 5.02 Å². The number of hydrogen-bond acceptors (Lipinski definition) is 6. The van der Waals surface area contributed by atoms with Gasteiger partial charge in [-0.1, -0.05) is 35.9 Å². The Balaban J connectivity index is 1.53. The van der Waals surface area contributed by atoms with Crippen LogP contribution in [-0.4, -0.2) is 35.4 Å². The normalized spacial score (nSPS) is 10.6. The highest BCUT2D eigenvalue weighted by atomic mass is 35.5. The van der Waals surface area contributed by atoms with Crippen LogP contribution in [0.4, 0.5) is 5.69 Å². The maximum atomic E-state index is 13.3. The quantitative estimate of drug-likeness (QED) is 0.367. The molecule has 0 unspecified atom stereocenters. The number of carbonyl (C=O) groups is 2. The van der Waals surface area contributed by atoms with Gasteiger partial charge in [-0.15, -0.1) is 11.3 Å². The molecule has 4 aromatic rings. The fourth-order valence-corrected chi connectivity index (χ4v) is 4.09. The molecule has 0 bridgehead atoms. The number of benzene rings is 2. The van der Waals surface area contributed by atoms with Crippen molar-refractivity contribution in [3.05, 3.63) is 88.8 Å². The molecule has 2 heterocycles. The largest absolute Gasteiger partial charge is 0.495 e. The number of halogens is 1. The van der Waals surface area contributed by atoms with Gasteiger partial charge in [0.15, 0.2) is 0 Å². The van der Waals surface area contributed by atoms with E-state index in [-0.39, 0.29) is 30.6 Å². The maximum absolute atomic E-state index is 13.3. The van der Waals surface area contributed by atoms with E-state index in [4.69, 9.17) is 20.8 Å². The van der Waals surface area contributed by atoms with Crippen molar-refractivity contribution in [1.82, 2.24) is 9.88 Å². The molecule has 2 aromatic heterocycles. The van der Waals surface area contributed by atoms with Crippen molar-refractivity contribution >= 4 is 40.4 Å². The first-order valence-corrected chi connectivity index (χ1v) is 11.2. The van der Waals surface area contributed by atoms with E-state index in [1.807, 2.05) is 18.2 Å². The highest BCUT2D eigenvalue weighted by molar-refractivity contribution is 7.13. The summed E-state index contributed by atoms with van der Waals surface area (Å²) >= 11 is 7.30. The molecule has 0 radical (unpaired) electrons. The summed E-state index contributed by atoms with van der Waals surface area (Å²) in [6.45, 7) is -0.0651. The van der Waals surface area contributed by atoms with E-state index in [9.17, 15) is 9.59 Å². The number of furan rings is 1.